The summed E-state index contributed by atoms with van der Waals surface area (Å²) >= 11 is 0. The Morgan fingerprint density at radius 3 is 2.72 bits per heavy atom. The summed E-state index contributed by atoms with van der Waals surface area (Å²) in [6.07, 6.45) is 9.29. The zero-order chi connectivity index (χ0) is 17.8. The van der Waals surface area contributed by atoms with Crippen molar-refractivity contribution in [1.82, 2.24) is 0 Å². The number of benzene rings is 1. The number of carbonyl (C=O) groups is 1. The van der Waals surface area contributed by atoms with Crippen LogP contribution in [0, 0.1) is 22.7 Å². The lowest BCUT2D eigenvalue weighted by Crippen LogP contribution is -2.45. The lowest BCUT2D eigenvalue weighted by atomic mass is 9.50. The van der Waals surface area contributed by atoms with Gasteiger partial charge >= 0.3 is 5.97 Å². The van der Waals surface area contributed by atoms with E-state index >= 15 is 0 Å². The molecule has 25 heavy (non-hydrogen) atoms. The van der Waals surface area contributed by atoms with Crippen LogP contribution in [0.15, 0.2) is 18.2 Å². The van der Waals surface area contributed by atoms with E-state index in [1.54, 1.807) is 5.56 Å². The predicted molar refractivity (Wildman–Crippen MR) is 101 cm³/mol. The van der Waals surface area contributed by atoms with Crippen molar-refractivity contribution in [1.29, 1.82) is 0 Å². The number of hydrogen-bond donors (Lipinski definition) is 0. The van der Waals surface area contributed by atoms with Gasteiger partial charge < -0.3 is 4.74 Å². The van der Waals surface area contributed by atoms with Crippen molar-refractivity contribution in [3.8, 4) is 5.75 Å². The highest BCUT2D eigenvalue weighted by Crippen LogP contribution is 2.68. The third-order valence-corrected chi connectivity index (χ3v) is 8.52. The van der Waals surface area contributed by atoms with Crippen LogP contribution < -0.4 is 4.74 Å². The van der Waals surface area contributed by atoms with E-state index < -0.39 is 0 Å². The largest absolute Gasteiger partial charge is 0.427 e. The van der Waals surface area contributed by atoms with Gasteiger partial charge in [-0.1, -0.05) is 33.3 Å². The van der Waals surface area contributed by atoms with Gasteiger partial charge in [-0.3, -0.25) is 4.79 Å². The van der Waals surface area contributed by atoms with Gasteiger partial charge in [0.15, 0.2) is 0 Å². The fourth-order valence-electron chi connectivity index (χ4n) is 6.73. The van der Waals surface area contributed by atoms with Gasteiger partial charge in [-0.25, -0.2) is 0 Å². The first-order valence-electron chi connectivity index (χ1n) is 10.2. The van der Waals surface area contributed by atoms with Crippen LogP contribution in [-0.2, 0) is 11.2 Å². The summed E-state index contributed by atoms with van der Waals surface area (Å²) in [5.74, 6) is 2.93. The van der Waals surface area contributed by atoms with Crippen molar-refractivity contribution in [2.24, 2.45) is 22.7 Å². The maximum atomic E-state index is 11.2. The topological polar surface area (TPSA) is 26.3 Å². The molecule has 0 unspecified atom stereocenters. The van der Waals surface area contributed by atoms with Gasteiger partial charge in [-0.05, 0) is 90.4 Å². The molecule has 2 heteroatoms. The molecule has 0 spiro atoms. The zero-order valence-corrected chi connectivity index (χ0v) is 16.2. The molecule has 2 fully saturated rings. The van der Waals surface area contributed by atoms with Crippen LogP contribution in [-0.4, -0.2) is 5.97 Å². The van der Waals surface area contributed by atoms with Crippen molar-refractivity contribution in [3.63, 3.8) is 0 Å². The molecule has 136 valence electrons. The minimum Gasteiger partial charge on any atom is -0.427 e. The number of ether oxygens (including phenoxy) is 1. The van der Waals surface area contributed by atoms with E-state index in [1.165, 1.54) is 51.0 Å². The van der Waals surface area contributed by atoms with E-state index in [1.807, 2.05) is 6.07 Å². The predicted octanol–water partition coefficient (Wildman–Crippen LogP) is 5.88. The first kappa shape index (κ1) is 17.1. The summed E-state index contributed by atoms with van der Waals surface area (Å²) in [5.41, 5.74) is 4.01. The molecule has 0 aliphatic heterocycles. The number of esters is 1. The molecule has 4 rings (SSSR count). The fourth-order valence-corrected chi connectivity index (χ4v) is 6.73. The van der Waals surface area contributed by atoms with Gasteiger partial charge in [0.25, 0.3) is 0 Å². The van der Waals surface area contributed by atoms with Crippen LogP contribution in [0.4, 0.5) is 0 Å². The molecule has 0 aromatic heterocycles. The third kappa shape index (κ3) is 2.47. The summed E-state index contributed by atoms with van der Waals surface area (Å²) < 4.78 is 5.30. The van der Waals surface area contributed by atoms with Gasteiger partial charge in [0.05, 0.1) is 0 Å². The summed E-state index contributed by atoms with van der Waals surface area (Å²) in [5, 5.41) is 0. The number of rotatable bonds is 2. The van der Waals surface area contributed by atoms with Gasteiger partial charge in [-0.2, -0.15) is 0 Å². The Balaban J connectivity index is 1.63. The highest BCUT2D eigenvalue weighted by molar-refractivity contribution is 5.69. The van der Waals surface area contributed by atoms with Crippen LogP contribution in [0.3, 0.4) is 0 Å². The van der Waals surface area contributed by atoms with Crippen molar-refractivity contribution in [2.45, 2.75) is 78.6 Å². The Hall–Kier alpha value is -1.31. The van der Waals surface area contributed by atoms with Crippen LogP contribution in [0.2, 0.25) is 0 Å². The van der Waals surface area contributed by atoms with Crippen LogP contribution >= 0.6 is 0 Å². The first-order chi connectivity index (χ1) is 11.9. The fraction of sp³-hybridized carbons (Fsp3) is 0.696. The molecular formula is C23H32O2. The molecule has 0 heterocycles. The van der Waals surface area contributed by atoms with E-state index in [0.717, 1.165) is 18.3 Å². The minimum atomic E-state index is -0.230. The van der Waals surface area contributed by atoms with Crippen molar-refractivity contribution < 1.29 is 9.53 Å². The summed E-state index contributed by atoms with van der Waals surface area (Å²) in [4.78, 5) is 11.2. The molecule has 3 aliphatic carbocycles. The lowest BCUT2D eigenvalue weighted by Gasteiger charge is -2.54. The Labute approximate surface area is 152 Å². The molecule has 1 aromatic rings. The molecule has 0 bridgehead atoms. The molecule has 2 nitrogen and oxygen atoms in total. The standard InChI is InChI=1S/C23H32O2/c1-5-22(3)12-11-21-20-8-6-16-14-17(25-15(2)24)7-9-18(16)19(20)10-13-23(21,22)4/h7,9,14,19-21H,5-6,8,10-13H2,1-4H3/t19-,20-,21+,22+,23+/m1/s1. The second kappa shape index (κ2) is 5.86. The SMILES string of the molecule is CC[C@@]1(C)CC[C@H]2[C@@H]3CCc4cc(OC(C)=O)ccc4[C@H]3CC[C@@]21C. The van der Waals surface area contributed by atoms with Crippen molar-refractivity contribution >= 4 is 5.97 Å². The third-order valence-electron chi connectivity index (χ3n) is 8.52. The number of aryl methyl sites for hydroxylation is 1. The Bertz CT molecular complexity index is 693. The Morgan fingerprint density at radius 2 is 2.00 bits per heavy atom. The van der Waals surface area contributed by atoms with Gasteiger partial charge in [-0.15, -0.1) is 0 Å². The van der Waals surface area contributed by atoms with Crippen molar-refractivity contribution in [2.75, 3.05) is 0 Å². The second-order valence-corrected chi connectivity index (χ2v) is 9.28. The minimum absolute atomic E-state index is 0.230. The summed E-state index contributed by atoms with van der Waals surface area (Å²) in [7, 11) is 0. The Kier molecular flexibility index (Phi) is 4.01. The highest BCUT2D eigenvalue weighted by Gasteiger charge is 2.58. The Morgan fingerprint density at radius 1 is 1.20 bits per heavy atom. The van der Waals surface area contributed by atoms with Gasteiger partial charge in [0, 0.05) is 6.92 Å². The van der Waals surface area contributed by atoms with E-state index in [2.05, 4.69) is 32.9 Å². The van der Waals surface area contributed by atoms with Crippen LogP contribution in [0.1, 0.15) is 83.3 Å². The first-order valence-corrected chi connectivity index (χ1v) is 10.2. The molecule has 1 aromatic carbocycles. The second-order valence-electron chi connectivity index (χ2n) is 9.28. The number of carbonyl (C=O) groups excluding carboxylic acids is 1. The lowest BCUT2D eigenvalue weighted by molar-refractivity contribution is -0.131. The average molecular weight is 341 g/mol. The monoisotopic (exact) mass is 340 g/mol. The van der Waals surface area contributed by atoms with Gasteiger partial charge in [0.1, 0.15) is 5.75 Å². The summed E-state index contributed by atoms with van der Waals surface area (Å²) in [6, 6.07) is 6.37. The molecule has 3 aliphatic rings. The van der Waals surface area contributed by atoms with E-state index in [-0.39, 0.29) is 5.97 Å². The van der Waals surface area contributed by atoms with Crippen LogP contribution in [0.5, 0.6) is 5.75 Å². The molecule has 0 radical (unpaired) electrons. The molecule has 5 atom stereocenters. The maximum absolute atomic E-state index is 11.2. The summed E-state index contributed by atoms with van der Waals surface area (Å²) in [6.45, 7) is 9.02. The van der Waals surface area contributed by atoms with E-state index in [0.29, 0.717) is 22.5 Å². The quantitative estimate of drug-likeness (QED) is 0.496. The maximum Gasteiger partial charge on any atom is 0.308 e. The number of hydrogen-bond acceptors (Lipinski definition) is 2. The van der Waals surface area contributed by atoms with Gasteiger partial charge in [0.2, 0.25) is 0 Å². The number of fused-ring (bicyclic) bond motifs is 5. The normalized spacial score (nSPS) is 39.3. The van der Waals surface area contributed by atoms with Crippen LogP contribution in [0.25, 0.3) is 0 Å². The molecule has 2 saturated carbocycles. The molecule has 0 N–H and O–H groups in total. The smallest absolute Gasteiger partial charge is 0.308 e. The highest BCUT2D eigenvalue weighted by atomic mass is 16.5. The van der Waals surface area contributed by atoms with Crippen molar-refractivity contribution in [3.05, 3.63) is 29.3 Å². The molecular weight excluding hydrogens is 308 g/mol. The average Bonchev–Trinajstić information content (AvgIpc) is 2.86. The molecule has 0 saturated heterocycles. The zero-order valence-electron chi connectivity index (χ0n) is 16.2. The van der Waals surface area contributed by atoms with E-state index in [4.69, 9.17) is 4.74 Å². The van der Waals surface area contributed by atoms with E-state index in [9.17, 15) is 4.79 Å². The molecule has 0 amide bonds.